The summed E-state index contributed by atoms with van der Waals surface area (Å²) in [4.78, 5) is 8.36. The summed E-state index contributed by atoms with van der Waals surface area (Å²) in [6.45, 7) is 0.889. The van der Waals surface area contributed by atoms with Crippen molar-refractivity contribution >= 4 is 0 Å². The van der Waals surface area contributed by atoms with Crippen molar-refractivity contribution in [1.29, 1.82) is 0 Å². The summed E-state index contributed by atoms with van der Waals surface area (Å²) >= 11 is 0. The molecule has 2 aromatic heterocycles. The zero-order valence-electron chi connectivity index (χ0n) is 11.0. The standard InChI is InChI=1S/C13H14N6O/c1-14-7-6-9-4-2-3-5-10(9)13-17-12(19-20-13)11-15-8-16-18-11/h2-5,8,14H,6-7H2,1H3,(H,15,16,18). The Bertz CT molecular complexity index is 676. The lowest BCUT2D eigenvalue weighted by Crippen LogP contribution is -2.10. The summed E-state index contributed by atoms with van der Waals surface area (Å²) in [5.74, 6) is 1.39. The summed E-state index contributed by atoms with van der Waals surface area (Å²) < 4.78 is 5.33. The highest BCUT2D eigenvalue weighted by Gasteiger charge is 2.14. The number of likely N-dealkylation sites (N-methyl/N-ethyl adjacent to an activating group) is 1. The van der Waals surface area contributed by atoms with Gasteiger partial charge in [0.05, 0.1) is 0 Å². The van der Waals surface area contributed by atoms with Crippen molar-refractivity contribution in [2.24, 2.45) is 0 Å². The highest BCUT2D eigenvalue weighted by atomic mass is 16.5. The van der Waals surface area contributed by atoms with Crippen LogP contribution in [0.1, 0.15) is 5.56 Å². The fraction of sp³-hybridized carbons (Fsp3) is 0.231. The number of aromatic amines is 1. The van der Waals surface area contributed by atoms with Crippen LogP contribution >= 0.6 is 0 Å². The van der Waals surface area contributed by atoms with Gasteiger partial charge < -0.3 is 9.84 Å². The lowest BCUT2D eigenvalue weighted by molar-refractivity contribution is 0.431. The molecule has 2 N–H and O–H groups in total. The Hall–Kier alpha value is -2.54. The van der Waals surface area contributed by atoms with Crippen molar-refractivity contribution in [2.45, 2.75) is 6.42 Å². The van der Waals surface area contributed by atoms with Gasteiger partial charge in [-0.15, -0.1) is 0 Å². The molecule has 0 bridgehead atoms. The van der Waals surface area contributed by atoms with Crippen molar-refractivity contribution in [3.05, 3.63) is 36.2 Å². The number of aromatic nitrogens is 5. The Morgan fingerprint density at radius 2 is 2.20 bits per heavy atom. The second-order valence-electron chi connectivity index (χ2n) is 4.27. The monoisotopic (exact) mass is 270 g/mol. The van der Waals surface area contributed by atoms with E-state index in [1.807, 2.05) is 25.2 Å². The maximum Gasteiger partial charge on any atom is 0.258 e. The minimum absolute atomic E-state index is 0.404. The molecule has 0 fully saturated rings. The van der Waals surface area contributed by atoms with Gasteiger partial charge in [-0.1, -0.05) is 23.4 Å². The highest BCUT2D eigenvalue weighted by Crippen LogP contribution is 2.24. The number of nitrogens with one attached hydrogen (secondary N) is 2. The minimum atomic E-state index is 0.404. The Balaban J connectivity index is 1.93. The van der Waals surface area contributed by atoms with Gasteiger partial charge in [0.2, 0.25) is 5.82 Å². The zero-order chi connectivity index (χ0) is 13.8. The zero-order valence-corrected chi connectivity index (χ0v) is 11.0. The molecular formula is C13H14N6O. The third kappa shape index (κ3) is 2.43. The minimum Gasteiger partial charge on any atom is -0.333 e. The number of benzene rings is 1. The topological polar surface area (TPSA) is 92.5 Å². The fourth-order valence-electron chi connectivity index (χ4n) is 1.95. The van der Waals surface area contributed by atoms with Crippen LogP contribution in [0, 0.1) is 0 Å². The number of hydrogen-bond donors (Lipinski definition) is 2. The van der Waals surface area contributed by atoms with Gasteiger partial charge in [-0.2, -0.15) is 10.1 Å². The SMILES string of the molecule is CNCCc1ccccc1-c1nc(-c2ncn[nH]2)no1. The van der Waals surface area contributed by atoms with E-state index in [0.717, 1.165) is 24.1 Å². The molecule has 0 radical (unpaired) electrons. The summed E-state index contributed by atoms with van der Waals surface area (Å²) in [5, 5.41) is 13.5. The van der Waals surface area contributed by atoms with Gasteiger partial charge >= 0.3 is 0 Å². The first-order chi connectivity index (χ1) is 9.88. The third-order valence-electron chi connectivity index (χ3n) is 2.94. The van der Waals surface area contributed by atoms with E-state index in [0.29, 0.717) is 17.5 Å². The van der Waals surface area contributed by atoms with Crippen LogP contribution in [-0.2, 0) is 6.42 Å². The molecule has 0 aliphatic heterocycles. The lowest BCUT2D eigenvalue weighted by atomic mass is 10.0. The quantitative estimate of drug-likeness (QED) is 0.725. The molecule has 3 rings (SSSR count). The maximum absolute atomic E-state index is 5.33. The molecule has 0 saturated heterocycles. The molecular weight excluding hydrogens is 256 g/mol. The summed E-state index contributed by atoms with van der Waals surface area (Å²) in [6, 6.07) is 7.99. The molecule has 0 aliphatic carbocycles. The van der Waals surface area contributed by atoms with Crippen molar-refractivity contribution in [3.63, 3.8) is 0 Å². The molecule has 0 saturated carbocycles. The van der Waals surface area contributed by atoms with Crippen LogP contribution in [0.15, 0.2) is 35.1 Å². The lowest BCUT2D eigenvalue weighted by Gasteiger charge is -2.04. The normalized spacial score (nSPS) is 10.8. The van der Waals surface area contributed by atoms with E-state index < -0.39 is 0 Å². The fourth-order valence-corrected chi connectivity index (χ4v) is 1.95. The Kier molecular flexibility index (Phi) is 3.51. The highest BCUT2D eigenvalue weighted by molar-refractivity contribution is 5.60. The first-order valence-corrected chi connectivity index (χ1v) is 6.31. The Morgan fingerprint density at radius 3 is 3.00 bits per heavy atom. The van der Waals surface area contributed by atoms with Crippen LogP contribution in [0.4, 0.5) is 0 Å². The van der Waals surface area contributed by atoms with Gasteiger partial charge in [0.1, 0.15) is 6.33 Å². The molecule has 2 heterocycles. The Morgan fingerprint density at radius 1 is 1.30 bits per heavy atom. The summed E-state index contributed by atoms with van der Waals surface area (Å²) in [5.41, 5.74) is 2.11. The second kappa shape index (κ2) is 5.62. The van der Waals surface area contributed by atoms with Crippen molar-refractivity contribution in [2.75, 3.05) is 13.6 Å². The van der Waals surface area contributed by atoms with Crippen LogP contribution in [0.5, 0.6) is 0 Å². The van der Waals surface area contributed by atoms with E-state index in [9.17, 15) is 0 Å². The smallest absolute Gasteiger partial charge is 0.258 e. The van der Waals surface area contributed by atoms with Crippen LogP contribution < -0.4 is 5.32 Å². The third-order valence-corrected chi connectivity index (χ3v) is 2.94. The van der Waals surface area contributed by atoms with E-state index in [1.165, 1.54) is 6.33 Å². The Labute approximate surface area is 115 Å². The van der Waals surface area contributed by atoms with Crippen molar-refractivity contribution in [3.8, 4) is 23.1 Å². The van der Waals surface area contributed by atoms with Gasteiger partial charge in [0.15, 0.2) is 5.82 Å². The number of rotatable bonds is 5. The predicted octanol–water partition coefficient (Wildman–Crippen LogP) is 1.28. The predicted molar refractivity (Wildman–Crippen MR) is 72.7 cm³/mol. The van der Waals surface area contributed by atoms with Gasteiger partial charge in [-0.25, -0.2) is 4.98 Å². The molecule has 0 spiro atoms. The average Bonchev–Trinajstić information content (AvgIpc) is 3.15. The molecule has 20 heavy (non-hydrogen) atoms. The van der Waals surface area contributed by atoms with Crippen molar-refractivity contribution in [1.82, 2.24) is 30.6 Å². The maximum atomic E-state index is 5.33. The van der Waals surface area contributed by atoms with Gasteiger partial charge in [0.25, 0.3) is 5.89 Å². The summed E-state index contributed by atoms with van der Waals surface area (Å²) in [6.07, 6.45) is 2.30. The first-order valence-electron chi connectivity index (χ1n) is 6.31. The van der Waals surface area contributed by atoms with E-state index in [1.54, 1.807) is 0 Å². The van der Waals surface area contributed by atoms with Crippen LogP contribution in [-0.4, -0.2) is 38.9 Å². The molecule has 3 aromatic rings. The van der Waals surface area contributed by atoms with Crippen LogP contribution in [0.25, 0.3) is 23.1 Å². The molecule has 7 heteroatoms. The molecule has 0 amide bonds. The summed E-state index contributed by atoms with van der Waals surface area (Å²) in [7, 11) is 1.93. The van der Waals surface area contributed by atoms with E-state index >= 15 is 0 Å². The molecule has 102 valence electrons. The average molecular weight is 270 g/mol. The van der Waals surface area contributed by atoms with E-state index in [2.05, 4.69) is 36.7 Å². The van der Waals surface area contributed by atoms with Crippen molar-refractivity contribution < 1.29 is 4.52 Å². The molecule has 0 atom stereocenters. The second-order valence-corrected chi connectivity index (χ2v) is 4.27. The molecule has 0 aliphatic rings. The number of nitrogens with zero attached hydrogens (tertiary/aromatic N) is 4. The first kappa shape index (κ1) is 12.5. The van der Waals surface area contributed by atoms with Gasteiger partial charge in [0, 0.05) is 5.56 Å². The van der Waals surface area contributed by atoms with Crippen LogP contribution in [0.3, 0.4) is 0 Å². The molecule has 1 aromatic carbocycles. The molecule has 7 nitrogen and oxygen atoms in total. The van der Waals surface area contributed by atoms with Crippen LogP contribution in [0.2, 0.25) is 0 Å². The number of H-pyrrole nitrogens is 1. The molecule has 0 unspecified atom stereocenters. The van der Waals surface area contributed by atoms with Gasteiger partial charge in [-0.05, 0) is 31.6 Å². The van der Waals surface area contributed by atoms with E-state index in [-0.39, 0.29) is 0 Å². The van der Waals surface area contributed by atoms with E-state index in [4.69, 9.17) is 4.52 Å². The van der Waals surface area contributed by atoms with Gasteiger partial charge in [-0.3, -0.25) is 5.10 Å². The largest absolute Gasteiger partial charge is 0.333 e. The number of hydrogen-bond acceptors (Lipinski definition) is 6.